The van der Waals surface area contributed by atoms with Crippen LogP contribution in [0.1, 0.15) is 29.0 Å². The van der Waals surface area contributed by atoms with E-state index >= 15 is 0 Å². The summed E-state index contributed by atoms with van der Waals surface area (Å²) in [7, 11) is 0. The Labute approximate surface area is 181 Å². The number of benzene rings is 2. The molecule has 2 amide bonds. The molecule has 162 valence electrons. The van der Waals surface area contributed by atoms with Gasteiger partial charge in [-0.15, -0.1) is 0 Å². The van der Waals surface area contributed by atoms with Gasteiger partial charge >= 0.3 is 0 Å². The lowest BCUT2D eigenvalue weighted by Gasteiger charge is -2.31. The summed E-state index contributed by atoms with van der Waals surface area (Å²) in [5.74, 6) is -2.58. The summed E-state index contributed by atoms with van der Waals surface area (Å²) >= 11 is 6.33. The van der Waals surface area contributed by atoms with Crippen molar-refractivity contribution >= 4 is 34.6 Å². The first-order valence-electron chi connectivity index (χ1n) is 9.66. The number of nitrogens with zero attached hydrogens (tertiary/aromatic N) is 1. The van der Waals surface area contributed by atoms with Crippen molar-refractivity contribution in [2.75, 3.05) is 13.1 Å². The smallest absolute Gasteiger partial charge is 0.253 e. The van der Waals surface area contributed by atoms with Gasteiger partial charge in [0.2, 0.25) is 0 Å². The van der Waals surface area contributed by atoms with Crippen LogP contribution in [-0.2, 0) is 6.54 Å². The summed E-state index contributed by atoms with van der Waals surface area (Å²) in [6.45, 7) is 0.0346. The second-order valence-corrected chi connectivity index (χ2v) is 7.86. The van der Waals surface area contributed by atoms with Crippen molar-refractivity contribution in [2.45, 2.75) is 25.3 Å². The maximum Gasteiger partial charge on any atom is 0.253 e. The van der Waals surface area contributed by atoms with Crippen molar-refractivity contribution in [1.82, 2.24) is 10.2 Å². The molecule has 1 N–H and O–H groups in total. The highest BCUT2D eigenvalue weighted by Gasteiger charge is 2.35. The zero-order valence-electron chi connectivity index (χ0n) is 16.3. The van der Waals surface area contributed by atoms with E-state index in [0.29, 0.717) is 27.3 Å². The van der Waals surface area contributed by atoms with Crippen molar-refractivity contribution in [3.8, 4) is 11.1 Å². The predicted molar refractivity (Wildman–Crippen MR) is 109 cm³/mol. The summed E-state index contributed by atoms with van der Waals surface area (Å²) in [6, 6.07) is 12.1. The second kappa shape index (κ2) is 8.19. The van der Waals surface area contributed by atoms with Gasteiger partial charge in [0.1, 0.15) is 11.9 Å². The molecule has 6 nitrogen and oxygen atoms in total. The van der Waals surface area contributed by atoms with E-state index in [1.807, 2.05) is 6.07 Å². The van der Waals surface area contributed by atoms with Crippen molar-refractivity contribution < 1.29 is 27.9 Å². The third kappa shape index (κ3) is 4.64. The first-order chi connectivity index (χ1) is 14.7. The molecule has 0 spiro atoms. The molecule has 1 aliphatic rings. The second-order valence-electron chi connectivity index (χ2n) is 7.46. The Morgan fingerprint density at radius 3 is 2.42 bits per heavy atom. The molecule has 1 saturated heterocycles. The van der Waals surface area contributed by atoms with E-state index in [2.05, 4.69) is 5.32 Å². The minimum absolute atomic E-state index is 0.0372. The molecule has 0 saturated carbocycles. The fourth-order valence-corrected chi connectivity index (χ4v) is 3.87. The fourth-order valence-electron chi connectivity index (χ4n) is 3.60. The number of piperidine rings is 1. The van der Waals surface area contributed by atoms with Gasteiger partial charge in [-0.05, 0) is 41.5 Å². The van der Waals surface area contributed by atoms with Crippen molar-refractivity contribution in [1.29, 1.82) is 0 Å². The molecule has 2 aromatic carbocycles. The Hall–Kier alpha value is -3.13. The van der Waals surface area contributed by atoms with Crippen LogP contribution in [0.2, 0.25) is 5.02 Å². The normalized spacial score (nSPS) is 15.8. The monoisotopic (exact) mass is 447 g/mol. The molecule has 4 rings (SSSR count). The summed E-state index contributed by atoms with van der Waals surface area (Å²) < 4.78 is 32.2. The number of amides is 2. The van der Waals surface area contributed by atoms with E-state index in [4.69, 9.17) is 16.0 Å². The molecule has 0 unspecified atom stereocenters. The Balaban J connectivity index is 1.53. The van der Waals surface area contributed by atoms with Crippen LogP contribution in [0.25, 0.3) is 22.1 Å². The van der Waals surface area contributed by atoms with Crippen LogP contribution in [0.3, 0.4) is 0 Å². The fraction of sp³-hybridized carbons (Fsp3) is 0.273. The Bertz CT molecular complexity index is 1130. The van der Waals surface area contributed by atoms with E-state index in [-0.39, 0.29) is 38.4 Å². The molecule has 0 radical (unpaired) electrons. The largest absolute Gasteiger partial charge is 0.530 e. The molecule has 0 atom stereocenters. The number of rotatable bonds is 4. The highest BCUT2D eigenvalue weighted by atomic mass is 35.5. The number of hydrogen-bond donors (Lipinski definition) is 1. The minimum atomic E-state index is -2.70. The molecule has 31 heavy (non-hydrogen) atoms. The maximum atomic E-state index is 13.3. The van der Waals surface area contributed by atoms with Crippen molar-refractivity contribution in [3.63, 3.8) is 0 Å². The predicted octanol–water partition coefficient (Wildman–Crippen LogP) is 4.06. The van der Waals surface area contributed by atoms with E-state index in [1.165, 1.54) is 4.90 Å². The Kier molecular flexibility index (Phi) is 5.58. The van der Waals surface area contributed by atoms with Gasteiger partial charge in [0.15, 0.2) is 5.58 Å². The number of furan rings is 1. The van der Waals surface area contributed by atoms with Crippen LogP contribution in [0, 0.1) is 0 Å². The number of fused-ring (bicyclic) bond motifs is 1. The Morgan fingerprint density at radius 2 is 1.77 bits per heavy atom. The summed E-state index contributed by atoms with van der Waals surface area (Å²) in [5, 5.41) is 13.7. The van der Waals surface area contributed by atoms with E-state index < -0.39 is 12.0 Å². The summed E-state index contributed by atoms with van der Waals surface area (Å²) in [4.78, 5) is 24.6. The maximum absolute atomic E-state index is 13.3. The first-order valence-corrected chi connectivity index (χ1v) is 10.0. The quantitative estimate of drug-likeness (QED) is 0.653. The number of halogens is 3. The molecule has 1 aliphatic heterocycles. The standard InChI is InChI=1S/C22H19ClF2N2O4/c23-18-11-15(9-16-10-17(31-19(16)18)12-26-21(29)30)13-1-3-14(4-2-13)20(28)27-7-5-22(24,25)6-8-27/h1-4,9-11,26H,5-8,12H2,(H,29,30)/p-1. The van der Waals surface area contributed by atoms with Crippen molar-refractivity contribution in [2.24, 2.45) is 0 Å². The topological polar surface area (TPSA) is 85.6 Å². The number of carbonyl (C=O) groups excluding carboxylic acids is 2. The molecule has 2 heterocycles. The lowest BCUT2D eigenvalue weighted by atomic mass is 10.0. The van der Waals surface area contributed by atoms with Crippen LogP contribution in [0.15, 0.2) is 46.9 Å². The number of hydrogen-bond acceptors (Lipinski definition) is 4. The number of alkyl halides is 2. The Morgan fingerprint density at radius 1 is 1.10 bits per heavy atom. The molecule has 9 heteroatoms. The van der Waals surface area contributed by atoms with Gasteiger partial charge in [-0.1, -0.05) is 23.7 Å². The highest BCUT2D eigenvalue weighted by molar-refractivity contribution is 6.35. The molecular weight excluding hydrogens is 430 g/mol. The number of likely N-dealkylation sites (tertiary alicyclic amines) is 1. The first kappa shape index (κ1) is 21.1. The van der Waals surface area contributed by atoms with Crippen LogP contribution in [0.5, 0.6) is 0 Å². The molecule has 0 aliphatic carbocycles. The number of nitrogens with one attached hydrogen (secondary N) is 1. The van der Waals surface area contributed by atoms with Gasteiger partial charge in [0, 0.05) is 36.9 Å². The van der Waals surface area contributed by atoms with Gasteiger partial charge in [-0.25, -0.2) is 8.78 Å². The molecule has 3 aromatic rings. The van der Waals surface area contributed by atoms with E-state index in [9.17, 15) is 23.5 Å². The summed E-state index contributed by atoms with van der Waals surface area (Å²) in [5.41, 5.74) is 2.46. The molecule has 1 fully saturated rings. The van der Waals surface area contributed by atoms with Gasteiger partial charge in [-0.3, -0.25) is 4.79 Å². The van der Waals surface area contributed by atoms with Crippen LogP contribution < -0.4 is 10.4 Å². The highest BCUT2D eigenvalue weighted by Crippen LogP contribution is 2.33. The average molecular weight is 448 g/mol. The third-order valence-electron chi connectivity index (χ3n) is 5.28. The SMILES string of the molecule is O=C([O-])NCc1cc2cc(-c3ccc(C(=O)N4CCC(F)(F)CC4)cc3)cc(Cl)c2o1. The average Bonchev–Trinajstić information content (AvgIpc) is 3.16. The van der Waals surface area contributed by atoms with Crippen LogP contribution >= 0.6 is 11.6 Å². The zero-order chi connectivity index (χ0) is 22.2. The molecule has 1 aromatic heterocycles. The van der Waals surface area contributed by atoms with Crippen LogP contribution in [-0.4, -0.2) is 35.9 Å². The van der Waals surface area contributed by atoms with Gasteiger partial charge in [0.25, 0.3) is 11.8 Å². The molecular formula is C22H18ClF2N2O4-. The van der Waals surface area contributed by atoms with Gasteiger partial charge in [0.05, 0.1) is 11.6 Å². The number of carbonyl (C=O) groups is 2. The lowest BCUT2D eigenvalue weighted by Crippen LogP contribution is -2.42. The van der Waals surface area contributed by atoms with Gasteiger partial charge in [-0.2, -0.15) is 0 Å². The minimum Gasteiger partial charge on any atom is -0.530 e. The van der Waals surface area contributed by atoms with Crippen LogP contribution in [0.4, 0.5) is 13.6 Å². The molecule has 0 bridgehead atoms. The van der Waals surface area contributed by atoms with E-state index in [1.54, 1.807) is 36.4 Å². The lowest BCUT2D eigenvalue weighted by molar-refractivity contribution is -0.251. The third-order valence-corrected chi connectivity index (χ3v) is 5.56. The van der Waals surface area contributed by atoms with E-state index in [0.717, 1.165) is 11.1 Å². The summed E-state index contributed by atoms with van der Waals surface area (Å²) in [6.07, 6.45) is -2.04. The number of carboxylic acid groups (broad SMARTS) is 1. The van der Waals surface area contributed by atoms with Gasteiger partial charge < -0.3 is 24.5 Å². The van der Waals surface area contributed by atoms with Crippen molar-refractivity contribution in [3.05, 3.63) is 58.8 Å². The zero-order valence-corrected chi connectivity index (χ0v) is 17.0.